The maximum atomic E-state index is 9.78. The Morgan fingerprint density at radius 1 is 1.29 bits per heavy atom. The quantitative estimate of drug-likeness (QED) is 0.750. The van der Waals surface area contributed by atoms with Crippen LogP contribution in [0.2, 0.25) is 0 Å². The highest BCUT2D eigenvalue weighted by Gasteiger charge is 2.33. The zero-order chi connectivity index (χ0) is 15.3. The van der Waals surface area contributed by atoms with Gasteiger partial charge in [-0.2, -0.15) is 0 Å². The molecule has 3 atom stereocenters. The first-order valence-corrected chi connectivity index (χ1v) is 8.92. The van der Waals surface area contributed by atoms with E-state index in [1.807, 2.05) is 0 Å². The van der Waals surface area contributed by atoms with Crippen LogP contribution in [0.1, 0.15) is 52.9 Å². The van der Waals surface area contributed by atoms with Gasteiger partial charge in [0.05, 0.1) is 6.61 Å². The lowest BCUT2D eigenvalue weighted by Gasteiger charge is -2.37. The van der Waals surface area contributed by atoms with Crippen LogP contribution in [0.4, 0.5) is 0 Å². The zero-order valence-electron chi connectivity index (χ0n) is 14.3. The molecule has 21 heavy (non-hydrogen) atoms. The fraction of sp³-hybridized carbons (Fsp3) is 1.00. The Morgan fingerprint density at radius 2 is 2.05 bits per heavy atom. The third-order valence-corrected chi connectivity index (χ3v) is 5.36. The lowest BCUT2D eigenvalue weighted by atomic mass is 9.93. The third-order valence-electron chi connectivity index (χ3n) is 5.36. The smallest absolute Gasteiger partial charge is 0.0611 e. The number of hydrogen-bond donors (Lipinski definition) is 2. The summed E-state index contributed by atoms with van der Waals surface area (Å²) in [6, 6.07) is 1.31. The van der Waals surface area contributed by atoms with Crippen molar-refractivity contribution in [2.75, 3.05) is 39.3 Å². The molecule has 0 bridgehead atoms. The van der Waals surface area contributed by atoms with Gasteiger partial charge in [-0.15, -0.1) is 0 Å². The average molecular weight is 297 g/mol. The molecule has 2 N–H and O–H groups in total. The van der Waals surface area contributed by atoms with Crippen molar-refractivity contribution < 1.29 is 5.11 Å². The number of rotatable bonds is 7. The normalized spacial score (nSPS) is 28.9. The molecule has 0 aromatic rings. The van der Waals surface area contributed by atoms with E-state index in [1.165, 1.54) is 45.4 Å². The van der Waals surface area contributed by atoms with Gasteiger partial charge in [0.2, 0.25) is 0 Å². The molecule has 2 heterocycles. The van der Waals surface area contributed by atoms with Crippen molar-refractivity contribution in [3.63, 3.8) is 0 Å². The number of fused-ring (bicyclic) bond motifs is 1. The van der Waals surface area contributed by atoms with Crippen molar-refractivity contribution in [2.24, 2.45) is 0 Å². The Bertz CT molecular complexity index is 312. The number of aliphatic hydroxyl groups is 1. The van der Waals surface area contributed by atoms with E-state index < -0.39 is 0 Å². The molecule has 0 spiro atoms. The maximum Gasteiger partial charge on any atom is 0.0611 e. The molecular formula is C17H35N3O. The minimum Gasteiger partial charge on any atom is -0.394 e. The molecule has 2 saturated heterocycles. The van der Waals surface area contributed by atoms with Crippen molar-refractivity contribution >= 4 is 0 Å². The average Bonchev–Trinajstić information content (AvgIpc) is 2.82. The molecule has 4 heteroatoms. The SMILES string of the molecule is CCCNC(C)(CO)CC(C)N1CCCN2CCCC2C1. The lowest BCUT2D eigenvalue weighted by Crippen LogP contribution is -2.51. The van der Waals surface area contributed by atoms with Crippen LogP contribution in [0.25, 0.3) is 0 Å². The molecule has 124 valence electrons. The largest absolute Gasteiger partial charge is 0.394 e. The zero-order valence-corrected chi connectivity index (χ0v) is 14.3. The monoisotopic (exact) mass is 297 g/mol. The Morgan fingerprint density at radius 3 is 2.76 bits per heavy atom. The molecule has 0 amide bonds. The van der Waals surface area contributed by atoms with Gasteiger partial charge < -0.3 is 10.4 Å². The molecule has 0 aliphatic carbocycles. The van der Waals surface area contributed by atoms with Gasteiger partial charge in [0.25, 0.3) is 0 Å². The van der Waals surface area contributed by atoms with Crippen LogP contribution >= 0.6 is 0 Å². The molecular weight excluding hydrogens is 262 g/mol. The highest BCUT2D eigenvalue weighted by atomic mass is 16.3. The summed E-state index contributed by atoms with van der Waals surface area (Å²) in [7, 11) is 0. The molecule has 2 fully saturated rings. The van der Waals surface area contributed by atoms with Crippen molar-refractivity contribution in [3.05, 3.63) is 0 Å². The predicted octanol–water partition coefficient (Wildman–Crippen LogP) is 1.69. The van der Waals surface area contributed by atoms with Crippen LogP contribution in [-0.4, -0.2) is 71.9 Å². The molecule has 3 unspecified atom stereocenters. The van der Waals surface area contributed by atoms with Crippen LogP contribution in [0.5, 0.6) is 0 Å². The second-order valence-corrected chi connectivity index (χ2v) is 7.38. The second kappa shape index (κ2) is 7.91. The summed E-state index contributed by atoms with van der Waals surface area (Å²) in [4.78, 5) is 5.35. The van der Waals surface area contributed by atoms with Gasteiger partial charge in [0.15, 0.2) is 0 Å². The van der Waals surface area contributed by atoms with Crippen LogP contribution in [0, 0.1) is 0 Å². The molecule has 2 aliphatic rings. The maximum absolute atomic E-state index is 9.78. The van der Waals surface area contributed by atoms with Crippen molar-refractivity contribution in [1.82, 2.24) is 15.1 Å². The lowest BCUT2D eigenvalue weighted by molar-refractivity contribution is 0.109. The molecule has 0 aromatic carbocycles. The van der Waals surface area contributed by atoms with Crippen LogP contribution in [-0.2, 0) is 0 Å². The van der Waals surface area contributed by atoms with Crippen LogP contribution in [0.15, 0.2) is 0 Å². The molecule has 0 aromatic heterocycles. The summed E-state index contributed by atoms with van der Waals surface area (Å²) in [6.07, 6.45) is 6.17. The number of hydrogen-bond acceptors (Lipinski definition) is 4. The van der Waals surface area contributed by atoms with E-state index in [1.54, 1.807) is 0 Å². The van der Waals surface area contributed by atoms with Gasteiger partial charge in [-0.05, 0) is 72.1 Å². The Hall–Kier alpha value is -0.160. The number of nitrogens with one attached hydrogen (secondary N) is 1. The third kappa shape index (κ3) is 4.65. The molecule has 4 nitrogen and oxygen atoms in total. The molecule has 2 aliphatic heterocycles. The Labute approximate surface area is 130 Å². The fourth-order valence-corrected chi connectivity index (χ4v) is 4.04. The molecule has 2 rings (SSSR count). The number of nitrogens with zero attached hydrogens (tertiary/aromatic N) is 2. The van der Waals surface area contributed by atoms with Gasteiger partial charge in [-0.25, -0.2) is 0 Å². The standard InChI is InChI=1S/C17H35N3O/c1-4-8-18-17(3,14-21)12-15(2)20-11-6-10-19-9-5-7-16(19)13-20/h15-16,18,21H,4-14H2,1-3H3. The van der Waals surface area contributed by atoms with Crippen molar-refractivity contribution in [1.29, 1.82) is 0 Å². The van der Waals surface area contributed by atoms with E-state index in [9.17, 15) is 5.11 Å². The van der Waals surface area contributed by atoms with E-state index in [0.717, 1.165) is 25.4 Å². The fourth-order valence-electron chi connectivity index (χ4n) is 4.04. The van der Waals surface area contributed by atoms with Gasteiger partial charge in [0.1, 0.15) is 0 Å². The second-order valence-electron chi connectivity index (χ2n) is 7.38. The van der Waals surface area contributed by atoms with E-state index in [4.69, 9.17) is 0 Å². The van der Waals surface area contributed by atoms with E-state index >= 15 is 0 Å². The van der Waals surface area contributed by atoms with Crippen LogP contribution in [0.3, 0.4) is 0 Å². The highest BCUT2D eigenvalue weighted by Crippen LogP contribution is 2.24. The predicted molar refractivity (Wildman–Crippen MR) is 88.6 cm³/mol. The summed E-state index contributed by atoms with van der Waals surface area (Å²) in [5.74, 6) is 0. The molecule has 0 radical (unpaired) electrons. The van der Waals surface area contributed by atoms with E-state index in [0.29, 0.717) is 6.04 Å². The summed E-state index contributed by atoms with van der Waals surface area (Å²) >= 11 is 0. The van der Waals surface area contributed by atoms with Crippen molar-refractivity contribution in [3.8, 4) is 0 Å². The summed E-state index contributed by atoms with van der Waals surface area (Å²) in [6.45, 7) is 12.9. The highest BCUT2D eigenvalue weighted by molar-refractivity contribution is 4.91. The van der Waals surface area contributed by atoms with Crippen molar-refractivity contribution in [2.45, 2.75) is 70.5 Å². The summed E-state index contributed by atoms with van der Waals surface area (Å²) < 4.78 is 0. The van der Waals surface area contributed by atoms with Gasteiger partial charge >= 0.3 is 0 Å². The summed E-state index contributed by atoms with van der Waals surface area (Å²) in [5.41, 5.74) is -0.142. The van der Waals surface area contributed by atoms with E-state index in [2.05, 4.69) is 35.9 Å². The Kier molecular flexibility index (Phi) is 6.48. The van der Waals surface area contributed by atoms with E-state index in [-0.39, 0.29) is 12.1 Å². The summed E-state index contributed by atoms with van der Waals surface area (Å²) in [5, 5.41) is 13.3. The Balaban J connectivity index is 1.90. The number of aliphatic hydroxyl groups excluding tert-OH is 1. The minimum atomic E-state index is -0.142. The van der Waals surface area contributed by atoms with Crippen LogP contribution < -0.4 is 5.32 Å². The van der Waals surface area contributed by atoms with Gasteiger partial charge in [-0.3, -0.25) is 9.80 Å². The topological polar surface area (TPSA) is 38.7 Å². The van der Waals surface area contributed by atoms with Gasteiger partial charge in [0, 0.05) is 24.2 Å². The molecule has 0 saturated carbocycles. The minimum absolute atomic E-state index is 0.142. The van der Waals surface area contributed by atoms with Gasteiger partial charge in [-0.1, -0.05) is 6.92 Å². The first-order chi connectivity index (χ1) is 10.1. The first-order valence-electron chi connectivity index (χ1n) is 8.92. The first kappa shape index (κ1) is 17.2.